The van der Waals surface area contributed by atoms with Crippen LogP contribution < -0.4 is 5.73 Å². The van der Waals surface area contributed by atoms with Crippen LogP contribution in [0.25, 0.3) is 0 Å². The first-order valence-electron chi connectivity index (χ1n) is 6.00. The highest BCUT2D eigenvalue weighted by molar-refractivity contribution is 9.10. The molecule has 2 aromatic carbocycles. The third kappa shape index (κ3) is 2.57. The molecule has 0 amide bonds. The lowest BCUT2D eigenvalue weighted by molar-refractivity contribution is 1.13. The average molecular weight is 320 g/mol. The summed E-state index contributed by atoms with van der Waals surface area (Å²) in [6.45, 7) is 0. The van der Waals surface area contributed by atoms with Crippen LogP contribution in [0.4, 0.5) is 5.69 Å². The van der Waals surface area contributed by atoms with Crippen molar-refractivity contribution in [1.29, 1.82) is 0 Å². The maximum absolute atomic E-state index is 6.01. The predicted octanol–water partition coefficient (Wildman–Crippen LogP) is 4.68. The number of nitrogens with two attached hydrogens (primary N) is 1. The largest absolute Gasteiger partial charge is 0.398 e. The molecule has 0 aromatic heterocycles. The van der Waals surface area contributed by atoms with E-state index >= 15 is 0 Å². The van der Waals surface area contributed by atoms with Crippen LogP contribution in [0.2, 0.25) is 0 Å². The quantitative estimate of drug-likeness (QED) is 0.831. The summed E-state index contributed by atoms with van der Waals surface area (Å²) in [7, 11) is 0. The molecule has 0 aliphatic heterocycles. The topological polar surface area (TPSA) is 26.0 Å². The molecule has 3 heteroatoms. The van der Waals surface area contributed by atoms with Gasteiger partial charge in [-0.1, -0.05) is 46.3 Å². The Hall–Kier alpha value is -0.930. The van der Waals surface area contributed by atoms with Gasteiger partial charge in [-0.25, -0.2) is 0 Å². The molecule has 92 valence electrons. The first-order chi connectivity index (χ1) is 8.74. The molecule has 2 aromatic rings. The van der Waals surface area contributed by atoms with E-state index < -0.39 is 0 Å². The Balaban J connectivity index is 1.71. The smallest absolute Gasteiger partial charge is 0.0453 e. The highest BCUT2D eigenvalue weighted by Gasteiger charge is 2.39. The van der Waals surface area contributed by atoms with Crippen LogP contribution in [0, 0.1) is 0 Å². The molecule has 2 unspecified atom stereocenters. The zero-order chi connectivity index (χ0) is 12.5. The second kappa shape index (κ2) is 4.98. The van der Waals surface area contributed by atoms with E-state index in [1.807, 2.05) is 23.9 Å². The molecular weight excluding hydrogens is 306 g/mol. The summed E-state index contributed by atoms with van der Waals surface area (Å²) in [4.78, 5) is 1.19. The Kier molecular flexibility index (Phi) is 3.35. The highest BCUT2D eigenvalue weighted by Crippen LogP contribution is 2.52. The van der Waals surface area contributed by atoms with E-state index in [-0.39, 0.29) is 0 Å². The van der Waals surface area contributed by atoms with E-state index in [2.05, 4.69) is 52.3 Å². The molecule has 1 fully saturated rings. The molecule has 0 heterocycles. The number of halogens is 1. The number of hydrogen-bond acceptors (Lipinski definition) is 2. The van der Waals surface area contributed by atoms with E-state index in [0.717, 1.165) is 10.2 Å². The van der Waals surface area contributed by atoms with Gasteiger partial charge in [0.05, 0.1) is 0 Å². The van der Waals surface area contributed by atoms with Crippen molar-refractivity contribution < 1.29 is 0 Å². The lowest BCUT2D eigenvalue weighted by Crippen LogP contribution is -1.90. The van der Waals surface area contributed by atoms with E-state index in [1.165, 1.54) is 16.9 Å². The predicted molar refractivity (Wildman–Crippen MR) is 82.0 cm³/mol. The van der Waals surface area contributed by atoms with Gasteiger partial charge in [0.25, 0.3) is 0 Å². The second-order valence-corrected chi connectivity index (χ2v) is 6.79. The van der Waals surface area contributed by atoms with Crippen LogP contribution in [-0.2, 0) is 0 Å². The maximum atomic E-state index is 6.01. The molecular formula is C15H14BrNS. The van der Waals surface area contributed by atoms with Crippen LogP contribution >= 0.6 is 27.7 Å². The number of thioether (sulfide) groups is 1. The number of benzene rings is 2. The van der Waals surface area contributed by atoms with Gasteiger partial charge >= 0.3 is 0 Å². The van der Waals surface area contributed by atoms with Gasteiger partial charge < -0.3 is 5.73 Å². The van der Waals surface area contributed by atoms with Gasteiger partial charge in [-0.3, -0.25) is 0 Å². The Morgan fingerprint density at radius 3 is 2.67 bits per heavy atom. The first kappa shape index (κ1) is 12.1. The Bertz CT molecular complexity index is 556. The van der Waals surface area contributed by atoms with E-state index in [0.29, 0.717) is 11.2 Å². The summed E-state index contributed by atoms with van der Waals surface area (Å²) < 4.78 is 1.09. The van der Waals surface area contributed by atoms with Gasteiger partial charge in [0.15, 0.2) is 0 Å². The number of nitrogen functional groups attached to an aromatic ring is 1. The van der Waals surface area contributed by atoms with Gasteiger partial charge in [-0.05, 0) is 36.1 Å². The second-order valence-electron chi connectivity index (χ2n) is 4.59. The standard InChI is InChI=1S/C15H14BrNS/c16-11-6-7-13(17)15(8-11)18-14-9-12(14)10-4-2-1-3-5-10/h1-8,12,14H,9,17H2. The number of anilines is 1. The maximum Gasteiger partial charge on any atom is 0.0453 e. The molecule has 2 N–H and O–H groups in total. The van der Waals surface area contributed by atoms with Gasteiger partial charge in [0.2, 0.25) is 0 Å². The summed E-state index contributed by atoms with van der Waals surface area (Å²) in [6.07, 6.45) is 1.25. The Morgan fingerprint density at radius 2 is 1.89 bits per heavy atom. The van der Waals surface area contributed by atoms with Crippen molar-refractivity contribution in [2.75, 3.05) is 5.73 Å². The van der Waals surface area contributed by atoms with Crippen molar-refractivity contribution in [3.05, 3.63) is 58.6 Å². The van der Waals surface area contributed by atoms with Crippen LogP contribution in [-0.4, -0.2) is 5.25 Å². The summed E-state index contributed by atoms with van der Waals surface area (Å²) in [5.41, 5.74) is 8.33. The fourth-order valence-corrected chi connectivity index (χ4v) is 3.99. The minimum Gasteiger partial charge on any atom is -0.398 e. The fourth-order valence-electron chi connectivity index (χ4n) is 2.13. The zero-order valence-corrected chi connectivity index (χ0v) is 12.2. The normalized spacial score (nSPS) is 21.8. The summed E-state index contributed by atoms with van der Waals surface area (Å²) in [5.74, 6) is 0.689. The van der Waals surface area contributed by atoms with Crippen molar-refractivity contribution in [1.82, 2.24) is 0 Å². The lowest BCUT2D eigenvalue weighted by atomic mass is 10.1. The van der Waals surface area contributed by atoms with Gasteiger partial charge in [-0.2, -0.15) is 0 Å². The number of hydrogen-bond donors (Lipinski definition) is 1. The Labute approximate surface area is 120 Å². The van der Waals surface area contributed by atoms with Crippen molar-refractivity contribution in [2.24, 2.45) is 0 Å². The molecule has 0 saturated heterocycles. The molecule has 1 saturated carbocycles. The van der Waals surface area contributed by atoms with Crippen molar-refractivity contribution >= 4 is 33.4 Å². The van der Waals surface area contributed by atoms with Gasteiger partial charge in [0, 0.05) is 20.3 Å². The molecule has 0 spiro atoms. The van der Waals surface area contributed by atoms with Crippen LogP contribution in [0.15, 0.2) is 57.9 Å². The van der Waals surface area contributed by atoms with Crippen LogP contribution in [0.5, 0.6) is 0 Å². The SMILES string of the molecule is Nc1ccc(Br)cc1SC1CC1c1ccccc1. The third-order valence-corrected chi connectivity index (χ3v) is 5.14. The van der Waals surface area contributed by atoms with E-state index in [4.69, 9.17) is 5.73 Å². The minimum absolute atomic E-state index is 0.670. The van der Waals surface area contributed by atoms with Crippen molar-refractivity contribution in [3.8, 4) is 0 Å². The Morgan fingerprint density at radius 1 is 1.11 bits per heavy atom. The molecule has 3 rings (SSSR count). The van der Waals surface area contributed by atoms with E-state index in [9.17, 15) is 0 Å². The van der Waals surface area contributed by atoms with Crippen molar-refractivity contribution in [2.45, 2.75) is 22.5 Å². The van der Waals surface area contributed by atoms with E-state index in [1.54, 1.807) is 0 Å². The highest BCUT2D eigenvalue weighted by atomic mass is 79.9. The third-order valence-electron chi connectivity index (χ3n) is 3.21. The molecule has 2 atom stereocenters. The molecule has 0 radical (unpaired) electrons. The molecule has 0 bridgehead atoms. The van der Waals surface area contributed by atoms with Gasteiger partial charge in [-0.15, -0.1) is 11.8 Å². The fraction of sp³-hybridized carbons (Fsp3) is 0.200. The van der Waals surface area contributed by atoms with Crippen LogP contribution in [0.1, 0.15) is 17.9 Å². The summed E-state index contributed by atoms with van der Waals surface area (Å²) in [6, 6.07) is 16.8. The zero-order valence-electron chi connectivity index (χ0n) is 9.84. The average Bonchev–Trinajstić information content (AvgIpc) is 3.14. The molecule has 18 heavy (non-hydrogen) atoms. The lowest BCUT2D eigenvalue weighted by Gasteiger charge is -2.05. The van der Waals surface area contributed by atoms with Crippen molar-refractivity contribution in [3.63, 3.8) is 0 Å². The molecule has 1 aliphatic carbocycles. The number of rotatable bonds is 3. The summed E-state index contributed by atoms with van der Waals surface area (Å²) >= 11 is 5.40. The monoisotopic (exact) mass is 319 g/mol. The first-order valence-corrected chi connectivity index (χ1v) is 7.68. The minimum atomic E-state index is 0.670. The van der Waals surface area contributed by atoms with Crippen LogP contribution in [0.3, 0.4) is 0 Å². The van der Waals surface area contributed by atoms with Gasteiger partial charge in [0.1, 0.15) is 0 Å². The molecule has 1 nitrogen and oxygen atoms in total. The molecule has 1 aliphatic rings. The summed E-state index contributed by atoms with van der Waals surface area (Å²) in [5, 5.41) is 0.670.